The third kappa shape index (κ3) is 3.21. The molecule has 0 atom stereocenters. The molecule has 0 radical (unpaired) electrons. The molecular weight excluding hydrogens is 432 g/mol. The number of para-hydroxylation sites is 1. The summed E-state index contributed by atoms with van der Waals surface area (Å²) in [6, 6.07) is 13.1. The maximum absolute atomic E-state index is 13.1. The van der Waals surface area contributed by atoms with Crippen molar-refractivity contribution in [3.63, 3.8) is 0 Å². The molecule has 29 heavy (non-hydrogen) atoms. The number of rotatable bonds is 3. The highest BCUT2D eigenvalue weighted by molar-refractivity contribution is 9.10. The first-order chi connectivity index (χ1) is 13.9. The average Bonchev–Trinajstić information content (AvgIpc) is 2.99. The second-order valence-corrected chi connectivity index (χ2v) is 7.69. The van der Waals surface area contributed by atoms with Crippen molar-refractivity contribution in [3.05, 3.63) is 74.4 Å². The smallest absolute Gasteiger partial charge is 0.282 e. The Bertz CT molecular complexity index is 1360. The van der Waals surface area contributed by atoms with Crippen LogP contribution in [0.3, 0.4) is 0 Å². The molecule has 7 heteroatoms. The molecule has 146 valence electrons. The van der Waals surface area contributed by atoms with E-state index in [1.807, 2.05) is 50.2 Å². The molecule has 2 aromatic heterocycles. The first-order valence-electron chi connectivity index (χ1n) is 9.29. The quantitative estimate of drug-likeness (QED) is 0.430. The predicted molar refractivity (Wildman–Crippen MR) is 119 cm³/mol. The van der Waals surface area contributed by atoms with Crippen LogP contribution in [0.2, 0.25) is 0 Å². The van der Waals surface area contributed by atoms with Crippen LogP contribution in [-0.4, -0.2) is 26.3 Å². The zero-order valence-electron chi connectivity index (χ0n) is 16.3. The van der Waals surface area contributed by atoms with Gasteiger partial charge in [-0.1, -0.05) is 41.1 Å². The Hall–Kier alpha value is -3.06. The van der Waals surface area contributed by atoms with Gasteiger partial charge < -0.3 is 0 Å². The van der Waals surface area contributed by atoms with Gasteiger partial charge >= 0.3 is 0 Å². The molecule has 0 saturated carbocycles. The van der Waals surface area contributed by atoms with Gasteiger partial charge in [0, 0.05) is 34.5 Å². The van der Waals surface area contributed by atoms with Gasteiger partial charge in [0.2, 0.25) is 5.91 Å². The van der Waals surface area contributed by atoms with Gasteiger partial charge in [-0.25, -0.2) is 4.98 Å². The number of aryl methyl sites for hydroxylation is 1. The lowest BCUT2D eigenvalue weighted by Gasteiger charge is -2.07. The van der Waals surface area contributed by atoms with E-state index in [1.165, 1.54) is 11.6 Å². The number of nitrogens with zero attached hydrogens (tertiary/aromatic N) is 4. The van der Waals surface area contributed by atoms with Gasteiger partial charge in [0.25, 0.3) is 5.56 Å². The lowest BCUT2D eigenvalue weighted by atomic mass is 10.1. The second kappa shape index (κ2) is 7.40. The second-order valence-electron chi connectivity index (χ2n) is 6.78. The molecule has 0 aliphatic carbocycles. The summed E-state index contributed by atoms with van der Waals surface area (Å²) >= 11 is 3.41. The zero-order valence-corrected chi connectivity index (χ0v) is 17.9. The Kier molecular flexibility index (Phi) is 4.92. The largest absolute Gasteiger partial charge is 0.284 e. The van der Waals surface area contributed by atoms with Crippen molar-refractivity contribution >= 4 is 49.9 Å². The summed E-state index contributed by atoms with van der Waals surface area (Å²) in [7, 11) is 0. The number of hydrogen-bond donors (Lipinski definition) is 0. The van der Waals surface area contributed by atoms with Crippen LogP contribution in [0, 0.1) is 6.92 Å². The third-order valence-corrected chi connectivity index (χ3v) is 5.46. The normalized spacial score (nSPS) is 11.7. The highest BCUT2D eigenvalue weighted by Gasteiger charge is 2.15. The summed E-state index contributed by atoms with van der Waals surface area (Å²) in [6.45, 7) is 5.35. The molecule has 0 bridgehead atoms. The molecule has 0 amide bonds. The van der Waals surface area contributed by atoms with E-state index in [0.29, 0.717) is 23.1 Å². The van der Waals surface area contributed by atoms with Crippen molar-refractivity contribution in [2.75, 3.05) is 0 Å². The molecule has 4 aromatic rings. The van der Waals surface area contributed by atoms with Crippen LogP contribution in [0.4, 0.5) is 0 Å². The summed E-state index contributed by atoms with van der Waals surface area (Å²) < 4.78 is 3.81. The molecule has 0 saturated heterocycles. The summed E-state index contributed by atoms with van der Waals surface area (Å²) in [4.78, 5) is 29.8. The topological polar surface area (TPSA) is 69.2 Å². The standard InChI is InChI=1S/C22H19BrN4O2/c1-4-21-25-19-10-9-15(23)11-17(19)22(29)27(21)24-12-18-13(2)26(14(3)28)20-8-6-5-7-16(18)20/h5-12H,4H2,1-3H3. The SMILES string of the molecule is CCc1nc2ccc(Br)cc2c(=O)n1N=Cc1c(C)n(C(C)=O)c2ccccc12. The first-order valence-corrected chi connectivity index (χ1v) is 10.1. The van der Waals surface area contributed by atoms with Gasteiger partial charge in [-0.2, -0.15) is 9.78 Å². The first kappa shape index (κ1) is 19.3. The molecule has 6 nitrogen and oxygen atoms in total. The molecule has 0 unspecified atom stereocenters. The number of benzene rings is 2. The van der Waals surface area contributed by atoms with E-state index >= 15 is 0 Å². The van der Waals surface area contributed by atoms with Gasteiger partial charge in [0.1, 0.15) is 5.82 Å². The van der Waals surface area contributed by atoms with E-state index in [0.717, 1.165) is 26.6 Å². The molecule has 2 heterocycles. The van der Waals surface area contributed by atoms with Crippen molar-refractivity contribution in [1.29, 1.82) is 0 Å². The Morgan fingerprint density at radius 2 is 1.97 bits per heavy atom. The van der Waals surface area contributed by atoms with E-state index in [4.69, 9.17) is 0 Å². The Morgan fingerprint density at radius 1 is 1.21 bits per heavy atom. The van der Waals surface area contributed by atoms with Crippen molar-refractivity contribution < 1.29 is 4.79 Å². The Balaban J connectivity index is 1.94. The Morgan fingerprint density at radius 3 is 2.69 bits per heavy atom. The van der Waals surface area contributed by atoms with Crippen LogP contribution in [-0.2, 0) is 6.42 Å². The van der Waals surface area contributed by atoms with Gasteiger partial charge in [-0.15, -0.1) is 0 Å². The minimum atomic E-state index is -0.225. The van der Waals surface area contributed by atoms with Crippen molar-refractivity contribution in [2.45, 2.75) is 27.2 Å². The van der Waals surface area contributed by atoms with E-state index in [2.05, 4.69) is 26.0 Å². The number of hydrogen-bond acceptors (Lipinski definition) is 4. The molecule has 0 N–H and O–H groups in total. The van der Waals surface area contributed by atoms with Crippen LogP contribution < -0.4 is 5.56 Å². The van der Waals surface area contributed by atoms with Crippen LogP contribution in [0.1, 0.15) is 35.7 Å². The summed E-state index contributed by atoms with van der Waals surface area (Å²) in [5.74, 6) is 0.510. The van der Waals surface area contributed by atoms with E-state index in [-0.39, 0.29) is 11.5 Å². The molecule has 0 aliphatic rings. The maximum atomic E-state index is 13.1. The lowest BCUT2D eigenvalue weighted by Crippen LogP contribution is -2.22. The van der Waals surface area contributed by atoms with E-state index in [9.17, 15) is 9.59 Å². The van der Waals surface area contributed by atoms with Gasteiger partial charge in [-0.3, -0.25) is 14.2 Å². The predicted octanol–water partition coefficient (Wildman–Crippen LogP) is 4.53. The van der Waals surface area contributed by atoms with Crippen LogP contribution in [0.15, 0.2) is 56.8 Å². The van der Waals surface area contributed by atoms with E-state index in [1.54, 1.807) is 16.8 Å². The fourth-order valence-corrected chi connectivity index (χ4v) is 3.98. The number of carbonyl (C=O) groups is 1. The van der Waals surface area contributed by atoms with Gasteiger partial charge in [-0.05, 0) is 31.2 Å². The fraction of sp³-hybridized carbons (Fsp3) is 0.182. The Labute approximate surface area is 175 Å². The monoisotopic (exact) mass is 450 g/mol. The van der Waals surface area contributed by atoms with Gasteiger partial charge in [0.15, 0.2) is 0 Å². The van der Waals surface area contributed by atoms with Crippen molar-refractivity contribution in [1.82, 2.24) is 14.2 Å². The summed E-state index contributed by atoms with van der Waals surface area (Å²) in [6.07, 6.45) is 2.20. The fourth-order valence-electron chi connectivity index (χ4n) is 3.62. The number of aromatic nitrogens is 3. The molecule has 0 spiro atoms. The maximum Gasteiger partial charge on any atom is 0.282 e. The molecular formula is C22H19BrN4O2. The minimum Gasteiger partial charge on any atom is -0.284 e. The summed E-state index contributed by atoms with van der Waals surface area (Å²) in [5, 5.41) is 5.89. The molecule has 4 rings (SSSR count). The average molecular weight is 451 g/mol. The van der Waals surface area contributed by atoms with Crippen LogP contribution in [0.25, 0.3) is 21.8 Å². The number of halogens is 1. The number of fused-ring (bicyclic) bond motifs is 2. The minimum absolute atomic E-state index is 0.0676. The highest BCUT2D eigenvalue weighted by Crippen LogP contribution is 2.24. The van der Waals surface area contributed by atoms with Crippen LogP contribution >= 0.6 is 15.9 Å². The third-order valence-electron chi connectivity index (χ3n) is 4.97. The molecule has 2 aromatic carbocycles. The molecule has 0 aliphatic heterocycles. The zero-order chi connectivity index (χ0) is 20.7. The van der Waals surface area contributed by atoms with Gasteiger partial charge in [0.05, 0.1) is 22.6 Å². The van der Waals surface area contributed by atoms with E-state index < -0.39 is 0 Å². The van der Waals surface area contributed by atoms with Crippen LogP contribution in [0.5, 0.6) is 0 Å². The highest BCUT2D eigenvalue weighted by atomic mass is 79.9. The van der Waals surface area contributed by atoms with Crippen molar-refractivity contribution in [3.8, 4) is 0 Å². The lowest BCUT2D eigenvalue weighted by molar-refractivity contribution is 0.0939. The van der Waals surface area contributed by atoms with Crippen molar-refractivity contribution in [2.24, 2.45) is 5.10 Å². The summed E-state index contributed by atoms with van der Waals surface area (Å²) in [5.41, 5.74) is 2.83. The number of carbonyl (C=O) groups excluding carboxylic acids is 1. The molecule has 0 fully saturated rings.